The van der Waals surface area contributed by atoms with Crippen molar-refractivity contribution in [1.82, 2.24) is 0 Å². The average Bonchev–Trinajstić information content (AvgIpc) is 2.74. The lowest BCUT2D eigenvalue weighted by molar-refractivity contribution is 1.05. The van der Waals surface area contributed by atoms with Gasteiger partial charge in [-0.25, -0.2) is 0 Å². The molecule has 90 valence electrons. The van der Waals surface area contributed by atoms with Gasteiger partial charge in [-0.2, -0.15) is 0 Å². The fourth-order valence-electron chi connectivity index (χ4n) is 2.74. The minimum atomic E-state index is -0.236. The molecule has 1 aromatic rings. The van der Waals surface area contributed by atoms with E-state index in [1.165, 1.54) is 24.8 Å². The van der Waals surface area contributed by atoms with Crippen LogP contribution in [0.4, 0.5) is 0 Å². The van der Waals surface area contributed by atoms with Gasteiger partial charge in [0.15, 0.2) is 0 Å². The van der Waals surface area contributed by atoms with Crippen LogP contribution in [0.2, 0.25) is 0 Å². The molecule has 1 aliphatic carbocycles. The molecule has 0 aliphatic heterocycles. The predicted octanol–water partition coefficient (Wildman–Crippen LogP) is 2.84. The molecule has 0 saturated heterocycles. The molecular formula is C16H22Si. The summed E-state index contributed by atoms with van der Waals surface area (Å²) < 4.78 is 0. The smallest absolute Gasteiger partial charge is 0.0806 e. The van der Waals surface area contributed by atoms with Crippen molar-refractivity contribution >= 4 is 14.7 Å². The lowest BCUT2D eigenvalue weighted by Crippen LogP contribution is -2.22. The van der Waals surface area contributed by atoms with Crippen molar-refractivity contribution in [2.24, 2.45) is 0 Å². The Morgan fingerprint density at radius 1 is 1.18 bits per heavy atom. The second-order valence-electron chi connectivity index (χ2n) is 4.83. The molecule has 0 amide bonds. The number of benzene rings is 1. The Morgan fingerprint density at radius 3 is 2.59 bits per heavy atom. The fourth-order valence-corrected chi connectivity index (χ4v) is 4.85. The summed E-state index contributed by atoms with van der Waals surface area (Å²) in [7, 11) is -0.236. The largest absolute Gasteiger partial charge is 0.0835 e. The van der Waals surface area contributed by atoms with Crippen molar-refractivity contribution in [3.63, 3.8) is 0 Å². The lowest BCUT2D eigenvalue weighted by Gasteiger charge is -2.13. The van der Waals surface area contributed by atoms with Gasteiger partial charge in [0, 0.05) is 0 Å². The summed E-state index contributed by atoms with van der Waals surface area (Å²) in [5.74, 6) is 0. The molecule has 0 heterocycles. The van der Waals surface area contributed by atoms with E-state index in [1.807, 2.05) is 0 Å². The van der Waals surface area contributed by atoms with E-state index < -0.39 is 0 Å². The number of hydrogen-bond donors (Lipinski definition) is 0. The van der Waals surface area contributed by atoms with E-state index in [4.69, 9.17) is 0 Å². The number of rotatable bonds is 4. The Labute approximate surface area is 107 Å². The Hall–Kier alpha value is -1.08. The molecule has 0 N–H and O–H groups in total. The molecule has 17 heavy (non-hydrogen) atoms. The van der Waals surface area contributed by atoms with Gasteiger partial charge in [-0.15, -0.1) is 0 Å². The molecule has 1 heteroatoms. The Bertz CT molecular complexity index is 466. The summed E-state index contributed by atoms with van der Waals surface area (Å²) >= 11 is 0. The molecule has 0 aromatic heterocycles. The molecular weight excluding hydrogens is 220 g/mol. The molecule has 0 unspecified atom stereocenters. The van der Waals surface area contributed by atoms with Gasteiger partial charge < -0.3 is 0 Å². The molecule has 1 aliphatic rings. The monoisotopic (exact) mass is 242 g/mol. The van der Waals surface area contributed by atoms with Crippen molar-refractivity contribution < 1.29 is 0 Å². The minimum Gasteiger partial charge on any atom is -0.0806 e. The SMILES string of the molecule is CCc1cccc([SiH2]C2=C(C)C=CC2)c1CC. The number of hydrogen-bond acceptors (Lipinski definition) is 0. The van der Waals surface area contributed by atoms with Crippen LogP contribution < -0.4 is 5.19 Å². The third-order valence-corrected chi connectivity index (χ3v) is 6.11. The Morgan fingerprint density at radius 2 is 2.00 bits per heavy atom. The first-order chi connectivity index (χ1) is 8.26. The zero-order chi connectivity index (χ0) is 12.3. The van der Waals surface area contributed by atoms with E-state index in [0.29, 0.717) is 0 Å². The highest BCUT2D eigenvalue weighted by atomic mass is 28.2. The quantitative estimate of drug-likeness (QED) is 0.712. The summed E-state index contributed by atoms with van der Waals surface area (Å²) in [6, 6.07) is 6.91. The van der Waals surface area contributed by atoms with Crippen molar-refractivity contribution in [1.29, 1.82) is 0 Å². The first-order valence-electron chi connectivity index (χ1n) is 6.71. The average molecular weight is 242 g/mol. The zero-order valence-electron chi connectivity index (χ0n) is 11.2. The molecule has 0 fully saturated rings. The summed E-state index contributed by atoms with van der Waals surface area (Å²) in [5, 5.41) is 3.40. The first-order valence-corrected chi connectivity index (χ1v) is 8.12. The van der Waals surface area contributed by atoms with Crippen LogP contribution in [0.5, 0.6) is 0 Å². The van der Waals surface area contributed by atoms with Crippen LogP contribution in [0.1, 0.15) is 38.3 Å². The van der Waals surface area contributed by atoms with Crippen molar-refractivity contribution in [2.75, 3.05) is 0 Å². The summed E-state index contributed by atoms with van der Waals surface area (Å²) in [5.41, 5.74) is 4.72. The number of aryl methyl sites for hydroxylation is 1. The summed E-state index contributed by atoms with van der Waals surface area (Å²) in [4.78, 5) is 0. The van der Waals surface area contributed by atoms with Crippen LogP contribution in [0.15, 0.2) is 41.1 Å². The van der Waals surface area contributed by atoms with E-state index in [1.54, 1.807) is 21.5 Å². The zero-order valence-corrected chi connectivity index (χ0v) is 12.6. The van der Waals surface area contributed by atoms with E-state index in [0.717, 1.165) is 0 Å². The standard InChI is InChI=1S/C16H22Si/c1-4-13-9-7-11-16(14(13)5-2)17-15-10-6-8-12(15)3/h6-9,11H,4-5,10,17H2,1-3H3. The normalized spacial score (nSPS) is 15.5. The van der Waals surface area contributed by atoms with E-state index in [-0.39, 0.29) is 9.52 Å². The number of allylic oxidation sites excluding steroid dienone is 4. The van der Waals surface area contributed by atoms with Crippen LogP contribution >= 0.6 is 0 Å². The second kappa shape index (κ2) is 5.50. The van der Waals surface area contributed by atoms with Gasteiger partial charge in [-0.3, -0.25) is 0 Å². The van der Waals surface area contributed by atoms with Crippen LogP contribution in [0, 0.1) is 0 Å². The van der Waals surface area contributed by atoms with Crippen LogP contribution in [-0.4, -0.2) is 9.52 Å². The molecule has 0 radical (unpaired) electrons. The molecule has 1 aromatic carbocycles. The minimum absolute atomic E-state index is 0.236. The molecule has 0 saturated carbocycles. The first kappa shape index (κ1) is 12.4. The van der Waals surface area contributed by atoms with Crippen molar-refractivity contribution in [3.8, 4) is 0 Å². The fraction of sp³-hybridized carbons (Fsp3) is 0.375. The highest BCUT2D eigenvalue weighted by molar-refractivity contribution is 6.62. The second-order valence-corrected chi connectivity index (χ2v) is 6.80. The van der Waals surface area contributed by atoms with Gasteiger partial charge in [-0.05, 0) is 37.3 Å². The van der Waals surface area contributed by atoms with E-state index in [2.05, 4.69) is 51.1 Å². The van der Waals surface area contributed by atoms with Gasteiger partial charge in [0.1, 0.15) is 0 Å². The maximum Gasteiger partial charge on any atom is 0.0835 e. The Balaban J connectivity index is 2.30. The van der Waals surface area contributed by atoms with Gasteiger partial charge in [0.25, 0.3) is 0 Å². The molecule has 0 spiro atoms. The third kappa shape index (κ3) is 2.60. The maximum absolute atomic E-state index is 2.36. The van der Waals surface area contributed by atoms with E-state index in [9.17, 15) is 0 Å². The van der Waals surface area contributed by atoms with Gasteiger partial charge in [0.2, 0.25) is 0 Å². The molecule has 0 atom stereocenters. The summed E-state index contributed by atoms with van der Waals surface area (Å²) in [6.07, 6.45) is 8.16. The maximum atomic E-state index is 2.36. The van der Waals surface area contributed by atoms with Gasteiger partial charge in [-0.1, -0.05) is 60.2 Å². The van der Waals surface area contributed by atoms with Crippen LogP contribution in [0.25, 0.3) is 0 Å². The van der Waals surface area contributed by atoms with Crippen molar-refractivity contribution in [3.05, 3.63) is 52.2 Å². The van der Waals surface area contributed by atoms with Gasteiger partial charge in [0.05, 0.1) is 9.52 Å². The highest BCUT2D eigenvalue weighted by Crippen LogP contribution is 2.18. The lowest BCUT2D eigenvalue weighted by atomic mass is 10.0. The van der Waals surface area contributed by atoms with E-state index >= 15 is 0 Å². The van der Waals surface area contributed by atoms with Crippen LogP contribution in [0.3, 0.4) is 0 Å². The predicted molar refractivity (Wildman–Crippen MR) is 79.8 cm³/mol. The molecule has 0 nitrogen and oxygen atoms in total. The van der Waals surface area contributed by atoms with Crippen LogP contribution in [-0.2, 0) is 12.8 Å². The highest BCUT2D eigenvalue weighted by Gasteiger charge is 2.11. The van der Waals surface area contributed by atoms with Gasteiger partial charge >= 0.3 is 0 Å². The Kier molecular flexibility index (Phi) is 4.00. The van der Waals surface area contributed by atoms with Crippen molar-refractivity contribution in [2.45, 2.75) is 40.0 Å². The topological polar surface area (TPSA) is 0 Å². The summed E-state index contributed by atoms with van der Waals surface area (Å²) in [6.45, 7) is 6.82. The molecule has 2 rings (SSSR count). The third-order valence-electron chi connectivity index (χ3n) is 3.80. The molecule has 0 bridgehead atoms.